The van der Waals surface area contributed by atoms with E-state index in [-0.39, 0.29) is 0 Å². The predicted octanol–water partition coefficient (Wildman–Crippen LogP) is 2.95. The van der Waals surface area contributed by atoms with Gasteiger partial charge in [0.1, 0.15) is 6.23 Å². The van der Waals surface area contributed by atoms with E-state index < -0.39 is 0 Å². The molecule has 3 heteroatoms. The lowest BCUT2D eigenvalue weighted by Crippen LogP contribution is -2.65. The van der Waals surface area contributed by atoms with Crippen molar-refractivity contribution in [2.75, 3.05) is 20.1 Å². The largest absolute Gasteiger partial charge is 0.358 e. The molecule has 0 spiro atoms. The van der Waals surface area contributed by atoms with Crippen LogP contribution in [0.15, 0.2) is 0 Å². The highest BCUT2D eigenvalue weighted by atomic mass is 16.5. The maximum absolute atomic E-state index is 6.75. The summed E-state index contributed by atoms with van der Waals surface area (Å²) >= 11 is 0. The van der Waals surface area contributed by atoms with Gasteiger partial charge in [0.25, 0.3) is 0 Å². The highest BCUT2D eigenvalue weighted by molar-refractivity contribution is 5.13. The Morgan fingerprint density at radius 2 is 1.90 bits per heavy atom. The first-order chi connectivity index (χ1) is 9.83. The van der Waals surface area contributed by atoms with Gasteiger partial charge in [0.15, 0.2) is 0 Å². The van der Waals surface area contributed by atoms with E-state index in [4.69, 9.17) is 4.74 Å². The van der Waals surface area contributed by atoms with E-state index in [9.17, 15) is 0 Å². The van der Waals surface area contributed by atoms with Gasteiger partial charge in [-0.05, 0) is 52.6 Å². The zero-order chi connectivity index (χ0) is 15.0. The van der Waals surface area contributed by atoms with Crippen molar-refractivity contribution in [2.24, 2.45) is 17.3 Å². The Balaban J connectivity index is 1.68. The van der Waals surface area contributed by atoms with Crippen LogP contribution in [0.25, 0.3) is 0 Å². The molecule has 0 aromatic carbocycles. The van der Waals surface area contributed by atoms with Crippen molar-refractivity contribution in [1.29, 1.82) is 0 Å². The van der Waals surface area contributed by atoms with Crippen LogP contribution in [0.4, 0.5) is 0 Å². The molecule has 3 aliphatic heterocycles. The number of likely N-dealkylation sites (tertiary alicyclic amines) is 1. The molecule has 4 aliphatic rings. The molecule has 0 radical (unpaired) electrons. The summed E-state index contributed by atoms with van der Waals surface area (Å²) in [6.45, 7) is 12.3. The van der Waals surface area contributed by atoms with Crippen LogP contribution in [0.3, 0.4) is 0 Å². The van der Waals surface area contributed by atoms with Gasteiger partial charge in [-0.25, -0.2) is 0 Å². The standard InChI is InChI=1S/C18H32N2O/c1-12-6-7-13-14(10-12)21-16-15-18(4,8-9-19(15)5)11-20(16)17(13,2)3/h12-16H,6-11H2,1-5H3/t12-,13-,14-,15+,16+,18-/m1/s1. The highest BCUT2D eigenvalue weighted by Crippen LogP contribution is 2.54. The molecule has 3 heterocycles. The minimum atomic E-state index is 0.294. The third kappa shape index (κ3) is 1.90. The van der Waals surface area contributed by atoms with Crippen LogP contribution in [-0.4, -0.2) is 53.8 Å². The average molecular weight is 292 g/mol. The van der Waals surface area contributed by atoms with E-state index in [0.29, 0.717) is 29.3 Å². The third-order valence-corrected chi connectivity index (χ3v) is 7.35. The second-order valence-corrected chi connectivity index (χ2v) is 9.20. The fourth-order valence-electron chi connectivity index (χ4n) is 5.99. The van der Waals surface area contributed by atoms with Gasteiger partial charge in [-0.1, -0.05) is 20.3 Å². The normalized spacial score (nSPS) is 53.3. The van der Waals surface area contributed by atoms with Crippen LogP contribution in [0.2, 0.25) is 0 Å². The van der Waals surface area contributed by atoms with E-state index >= 15 is 0 Å². The molecule has 1 aliphatic carbocycles. The van der Waals surface area contributed by atoms with Crippen molar-refractivity contribution in [3.05, 3.63) is 0 Å². The summed E-state index contributed by atoms with van der Waals surface area (Å²) in [4.78, 5) is 5.29. The number of likely N-dealkylation sites (N-methyl/N-ethyl adjacent to an activating group) is 1. The maximum Gasteiger partial charge on any atom is 0.127 e. The lowest BCUT2D eigenvalue weighted by molar-refractivity contribution is -0.229. The summed E-state index contributed by atoms with van der Waals surface area (Å²) in [7, 11) is 2.30. The van der Waals surface area contributed by atoms with Crippen LogP contribution in [0.5, 0.6) is 0 Å². The smallest absolute Gasteiger partial charge is 0.127 e. The van der Waals surface area contributed by atoms with E-state index in [0.717, 1.165) is 11.8 Å². The predicted molar refractivity (Wildman–Crippen MR) is 85.1 cm³/mol. The lowest BCUT2D eigenvalue weighted by Gasteiger charge is -2.56. The molecule has 0 aromatic heterocycles. The molecular weight excluding hydrogens is 260 g/mol. The fraction of sp³-hybridized carbons (Fsp3) is 1.00. The van der Waals surface area contributed by atoms with Crippen LogP contribution in [0.1, 0.15) is 53.4 Å². The van der Waals surface area contributed by atoms with Crippen molar-refractivity contribution in [3.63, 3.8) is 0 Å². The van der Waals surface area contributed by atoms with Crippen LogP contribution in [-0.2, 0) is 4.74 Å². The summed E-state index contributed by atoms with van der Waals surface area (Å²) in [5, 5.41) is 0. The Kier molecular flexibility index (Phi) is 3.07. The molecular formula is C18H32N2O. The number of rotatable bonds is 0. The zero-order valence-electron chi connectivity index (χ0n) is 14.4. The molecule has 3 saturated heterocycles. The Morgan fingerprint density at radius 1 is 1.14 bits per heavy atom. The van der Waals surface area contributed by atoms with E-state index in [1.54, 1.807) is 0 Å². The Morgan fingerprint density at radius 3 is 2.67 bits per heavy atom. The Bertz CT molecular complexity index is 437. The second kappa shape index (κ2) is 4.46. The summed E-state index contributed by atoms with van der Waals surface area (Å²) in [6, 6.07) is 0.593. The molecule has 6 atom stereocenters. The average Bonchev–Trinajstić information content (AvgIpc) is 2.85. The summed E-state index contributed by atoms with van der Waals surface area (Å²) in [6.07, 6.45) is 6.13. The molecule has 120 valence electrons. The number of ether oxygens (including phenoxy) is 1. The number of hydrogen-bond donors (Lipinski definition) is 0. The molecule has 0 unspecified atom stereocenters. The summed E-state index contributed by atoms with van der Waals surface area (Å²) in [5.74, 6) is 1.56. The van der Waals surface area contributed by atoms with Crippen molar-refractivity contribution in [2.45, 2.75) is 77.3 Å². The first-order valence-electron chi connectivity index (χ1n) is 8.95. The van der Waals surface area contributed by atoms with Gasteiger partial charge in [-0.3, -0.25) is 9.80 Å². The molecule has 0 bridgehead atoms. The van der Waals surface area contributed by atoms with E-state index in [2.05, 4.69) is 44.5 Å². The molecule has 21 heavy (non-hydrogen) atoms. The molecule has 1 saturated carbocycles. The van der Waals surface area contributed by atoms with Gasteiger partial charge < -0.3 is 4.74 Å². The topological polar surface area (TPSA) is 15.7 Å². The number of hydrogen-bond acceptors (Lipinski definition) is 3. The Labute approximate surface area is 130 Å². The highest BCUT2D eigenvalue weighted by Gasteiger charge is 2.63. The van der Waals surface area contributed by atoms with E-state index in [1.165, 1.54) is 38.8 Å². The van der Waals surface area contributed by atoms with Gasteiger partial charge in [-0.2, -0.15) is 0 Å². The molecule has 3 nitrogen and oxygen atoms in total. The lowest BCUT2D eigenvalue weighted by atomic mass is 9.70. The van der Waals surface area contributed by atoms with Gasteiger partial charge in [0.05, 0.1) is 12.1 Å². The quantitative estimate of drug-likeness (QED) is 0.683. The van der Waals surface area contributed by atoms with Gasteiger partial charge in [0.2, 0.25) is 0 Å². The molecule has 4 rings (SSSR count). The van der Waals surface area contributed by atoms with Crippen molar-refractivity contribution in [1.82, 2.24) is 9.80 Å². The molecule has 0 amide bonds. The molecule has 0 aromatic rings. The minimum absolute atomic E-state index is 0.294. The third-order valence-electron chi connectivity index (χ3n) is 7.35. The zero-order valence-corrected chi connectivity index (χ0v) is 14.4. The maximum atomic E-state index is 6.75. The molecule has 0 N–H and O–H groups in total. The fourth-order valence-corrected chi connectivity index (χ4v) is 5.99. The van der Waals surface area contributed by atoms with Gasteiger partial charge >= 0.3 is 0 Å². The Hall–Kier alpha value is -0.120. The van der Waals surface area contributed by atoms with E-state index in [1.807, 2.05) is 0 Å². The summed E-state index contributed by atoms with van der Waals surface area (Å²) in [5.41, 5.74) is 0.720. The second-order valence-electron chi connectivity index (χ2n) is 9.20. The molecule has 4 fully saturated rings. The number of fused-ring (bicyclic) bond motifs is 4. The van der Waals surface area contributed by atoms with Crippen molar-refractivity contribution >= 4 is 0 Å². The SMILES string of the molecule is C[C@@H]1CC[C@@H]2[C@@H](C1)O[C@H]1[C@@H]3N(C)CC[C@]3(C)CN1C2(C)C. The van der Waals surface area contributed by atoms with Crippen LogP contribution < -0.4 is 0 Å². The van der Waals surface area contributed by atoms with Gasteiger partial charge in [-0.15, -0.1) is 0 Å². The summed E-state index contributed by atoms with van der Waals surface area (Å²) < 4.78 is 6.75. The van der Waals surface area contributed by atoms with Crippen molar-refractivity contribution in [3.8, 4) is 0 Å². The van der Waals surface area contributed by atoms with Gasteiger partial charge in [0, 0.05) is 23.4 Å². The number of nitrogens with zero attached hydrogens (tertiary/aromatic N) is 2. The first-order valence-corrected chi connectivity index (χ1v) is 8.95. The van der Waals surface area contributed by atoms with Crippen LogP contribution >= 0.6 is 0 Å². The van der Waals surface area contributed by atoms with Crippen molar-refractivity contribution < 1.29 is 4.74 Å². The minimum Gasteiger partial charge on any atom is -0.358 e. The monoisotopic (exact) mass is 292 g/mol. The van der Waals surface area contributed by atoms with Crippen LogP contribution in [0, 0.1) is 17.3 Å². The first kappa shape index (κ1) is 14.5.